The maximum Gasteiger partial charge on any atom is 0.330 e. The van der Waals surface area contributed by atoms with Gasteiger partial charge in [0.1, 0.15) is 12.6 Å². The van der Waals surface area contributed by atoms with Crippen molar-refractivity contribution in [1.82, 2.24) is 4.90 Å². The molecule has 1 aromatic carbocycles. The summed E-state index contributed by atoms with van der Waals surface area (Å²) in [6, 6.07) is 4.97. The molecule has 6 heteroatoms. The van der Waals surface area contributed by atoms with Gasteiger partial charge in [-0.1, -0.05) is 18.2 Å². The summed E-state index contributed by atoms with van der Waals surface area (Å²) in [4.78, 5) is 36.4. The highest BCUT2D eigenvalue weighted by Gasteiger charge is 2.47. The predicted molar refractivity (Wildman–Crippen MR) is 62.5 cm³/mol. The van der Waals surface area contributed by atoms with Gasteiger partial charge >= 0.3 is 11.9 Å². The summed E-state index contributed by atoms with van der Waals surface area (Å²) in [5.41, 5.74) is 1.21. The third-order valence-corrected chi connectivity index (χ3v) is 3.51. The molecule has 2 aliphatic rings. The highest BCUT2D eigenvalue weighted by molar-refractivity contribution is 6.02. The van der Waals surface area contributed by atoms with Crippen LogP contribution in [-0.4, -0.2) is 46.5 Å². The van der Waals surface area contributed by atoms with E-state index in [4.69, 9.17) is 9.84 Å². The molecule has 2 aliphatic heterocycles. The minimum absolute atomic E-state index is 0.293. The van der Waals surface area contributed by atoms with Crippen LogP contribution in [0.5, 0.6) is 0 Å². The molecule has 1 saturated heterocycles. The van der Waals surface area contributed by atoms with Crippen LogP contribution in [0, 0.1) is 0 Å². The summed E-state index contributed by atoms with van der Waals surface area (Å²) in [5, 5.41) is 9.14. The molecular formula is C13H11NO5. The lowest BCUT2D eigenvalue weighted by molar-refractivity contribution is -0.167. The molecule has 6 nitrogen and oxygen atoms in total. The SMILES string of the molecule is O=C(O)[C@H]1COC(=O)[C@@H]2Cc3ccccc3C(=O)N12. The maximum atomic E-state index is 12.4. The quantitative estimate of drug-likeness (QED) is 0.723. The number of carboxylic acids is 1. The Hall–Kier alpha value is -2.37. The zero-order chi connectivity index (χ0) is 13.6. The fraction of sp³-hybridized carbons (Fsp3) is 0.308. The number of ether oxygens (including phenoxy) is 1. The molecule has 0 unspecified atom stereocenters. The van der Waals surface area contributed by atoms with Crippen LogP contribution >= 0.6 is 0 Å². The lowest BCUT2D eigenvalue weighted by Gasteiger charge is -2.41. The average molecular weight is 261 g/mol. The number of rotatable bonds is 1. The van der Waals surface area contributed by atoms with E-state index in [1.54, 1.807) is 24.3 Å². The van der Waals surface area contributed by atoms with Crippen molar-refractivity contribution in [3.8, 4) is 0 Å². The first-order chi connectivity index (χ1) is 9.09. The number of aliphatic carboxylic acids is 1. The van der Waals surface area contributed by atoms with Gasteiger partial charge in [-0.3, -0.25) is 4.79 Å². The molecule has 19 heavy (non-hydrogen) atoms. The van der Waals surface area contributed by atoms with Gasteiger partial charge in [0.15, 0.2) is 6.04 Å². The Morgan fingerprint density at radius 2 is 2.05 bits per heavy atom. The number of carboxylic acid groups (broad SMARTS) is 1. The topological polar surface area (TPSA) is 83.9 Å². The average Bonchev–Trinajstić information content (AvgIpc) is 2.40. The third-order valence-electron chi connectivity index (χ3n) is 3.51. The molecule has 0 radical (unpaired) electrons. The molecule has 3 rings (SSSR count). The Bertz CT molecular complexity index is 582. The first-order valence-electron chi connectivity index (χ1n) is 5.89. The number of hydrogen-bond acceptors (Lipinski definition) is 4. The number of hydrogen-bond donors (Lipinski definition) is 1. The van der Waals surface area contributed by atoms with E-state index >= 15 is 0 Å². The summed E-state index contributed by atoms with van der Waals surface area (Å²) in [5.74, 6) is -2.12. The lowest BCUT2D eigenvalue weighted by atomic mass is 9.91. The minimum Gasteiger partial charge on any atom is -0.480 e. The monoisotopic (exact) mass is 261 g/mol. The Balaban J connectivity index is 2.08. The summed E-state index contributed by atoms with van der Waals surface area (Å²) in [7, 11) is 0. The van der Waals surface area contributed by atoms with Crippen molar-refractivity contribution >= 4 is 17.8 Å². The smallest absolute Gasteiger partial charge is 0.330 e. The normalized spacial score (nSPS) is 25.4. The van der Waals surface area contributed by atoms with Gasteiger partial charge in [0.25, 0.3) is 5.91 Å². The Labute approximate surface area is 108 Å². The molecule has 2 heterocycles. The Morgan fingerprint density at radius 3 is 2.79 bits per heavy atom. The third kappa shape index (κ3) is 1.68. The van der Waals surface area contributed by atoms with E-state index in [-0.39, 0.29) is 6.61 Å². The first-order valence-corrected chi connectivity index (χ1v) is 5.89. The van der Waals surface area contributed by atoms with Gasteiger partial charge in [0.05, 0.1) is 0 Å². The molecule has 98 valence electrons. The molecule has 1 amide bonds. The molecule has 1 N–H and O–H groups in total. The van der Waals surface area contributed by atoms with Crippen molar-refractivity contribution in [2.24, 2.45) is 0 Å². The van der Waals surface area contributed by atoms with Gasteiger partial charge in [-0.15, -0.1) is 0 Å². The molecule has 1 aromatic rings. The zero-order valence-electron chi connectivity index (χ0n) is 9.91. The van der Waals surface area contributed by atoms with E-state index < -0.39 is 29.9 Å². The summed E-state index contributed by atoms with van der Waals surface area (Å²) in [6.45, 7) is -0.293. The van der Waals surface area contributed by atoms with Crippen LogP contribution in [0.4, 0.5) is 0 Å². The Morgan fingerprint density at radius 1 is 1.32 bits per heavy atom. The standard InChI is InChI=1S/C13H11NO5/c15-11-8-4-2-1-3-7(8)5-9-13(18)19-6-10(12(16)17)14(9)11/h1-4,9-10H,5-6H2,(H,16,17)/t9-,10+/m0/s1. The van der Waals surface area contributed by atoms with Crippen LogP contribution in [0.15, 0.2) is 24.3 Å². The van der Waals surface area contributed by atoms with Gasteiger partial charge in [0, 0.05) is 12.0 Å². The number of benzene rings is 1. The molecule has 0 bridgehead atoms. The van der Waals surface area contributed by atoms with Crippen molar-refractivity contribution < 1.29 is 24.2 Å². The van der Waals surface area contributed by atoms with Crippen LogP contribution in [0.2, 0.25) is 0 Å². The van der Waals surface area contributed by atoms with Crippen LogP contribution < -0.4 is 0 Å². The fourth-order valence-electron chi connectivity index (χ4n) is 2.58. The van der Waals surface area contributed by atoms with Crippen molar-refractivity contribution in [3.63, 3.8) is 0 Å². The molecule has 1 fully saturated rings. The van der Waals surface area contributed by atoms with Gasteiger partial charge in [-0.2, -0.15) is 0 Å². The molecule has 0 aliphatic carbocycles. The van der Waals surface area contributed by atoms with Crippen LogP contribution in [-0.2, 0) is 20.7 Å². The van der Waals surface area contributed by atoms with Crippen LogP contribution in [0.25, 0.3) is 0 Å². The number of fused-ring (bicyclic) bond motifs is 2. The van der Waals surface area contributed by atoms with Gasteiger partial charge < -0.3 is 14.7 Å². The number of esters is 1. The van der Waals surface area contributed by atoms with E-state index in [0.717, 1.165) is 10.5 Å². The summed E-state index contributed by atoms with van der Waals surface area (Å²) in [6.07, 6.45) is 0.296. The van der Waals surface area contributed by atoms with E-state index in [2.05, 4.69) is 0 Å². The fourth-order valence-corrected chi connectivity index (χ4v) is 2.58. The van der Waals surface area contributed by atoms with Crippen LogP contribution in [0.1, 0.15) is 15.9 Å². The van der Waals surface area contributed by atoms with Crippen molar-refractivity contribution in [1.29, 1.82) is 0 Å². The predicted octanol–water partition coefficient (Wildman–Crippen LogP) is 0.0635. The largest absolute Gasteiger partial charge is 0.480 e. The molecule has 0 spiro atoms. The van der Waals surface area contributed by atoms with E-state index in [1.165, 1.54) is 0 Å². The summed E-state index contributed by atoms with van der Waals surface area (Å²) >= 11 is 0. The maximum absolute atomic E-state index is 12.4. The molecular weight excluding hydrogens is 250 g/mol. The number of carbonyl (C=O) groups is 3. The van der Waals surface area contributed by atoms with Crippen molar-refractivity contribution in [2.45, 2.75) is 18.5 Å². The first kappa shape index (κ1) is 11.7. The zero-order valence-corrected chi connectivity index (χ0v) is 9.91. The molecule has 0 aromatic heterocycles. The van der Waals surface area contributed by atoms with Crippen LogP contribution in [0.3, 0.4) is 0 Å². The van der Waals surface area contributed by atoms with E-state index in [0.29, 0.717) is 12.0 Å². The number of morpholine rings is 1. The molecule has 0 saturated carbocycles. The van der Waals surface area contributed by atoms with E-state index in [1.807, 2.05) is 0 Å². The summed E-state index contributed by atoms with van der Waals surface area (Å²) < 4.78 is 4.87. The number of carbonyl (C=O) groups excluding carboxylic acids is 2. The van der Waals surface area contributed by atoms with Gasteiger partial charge in [-0.05, 0) is 11.6 Å². The second kappa shape index (κ2) is 4.08. The number of amides is 1. The highest BCUT2D eigenvalue weighted by Crippen LogP contribution is 2.28. The highest BCUT2D eigenvalue weighted by atomic mass is 16.5. The van der Waals surface area contributed by atoms with Gasteiger partial charge in [-0.25, -0.2) is 9.59 Å². The molecule has 2 atom stereocenters. The second-order valence-electron chi connectivity index (χ2n) is 4.57. The second-order valence-corrected chi connectivity index (χ2v) is 4.57. The van der Waals surface area contributed by atoms with Crippen molar-refractivity contribution in [2.75, 3.05) is 6.61 Å². The number of cyclic esters (lactones) is 1. The van der Waals surface area contributed by atoms with Crippen molar-refractivity contribution in [3.05, 3.63) is 35.4 Å². The minimum atomic E-state index is -1.16. The Kier molecular flexibility index (Phi) is 2.51. The lowest BCUT2D eigenvalue weighted by Crippen LogP contribution is -2.62. The van der Waals surface area contributed by atoms with Gasteiger partial charge in [0.2, 0.25) is 0 Å². The number of nitrogens with zero attached hydrogens (tertiary/aromatic N) is 1. The van der Waals surface area contributed by atoms with E-state index in [9.17, 15) is 14.4 Å².